The molecule has 4 aromatic rings. The van der Waals surface area contributed by atoms with E-state index in [4.69, 9.17) is 0 Å². The Morgan fingerprint density at radius 3 is 2.96 bits per heavy atom. The lowest BCUT2D eigenvalue weighted by molar-refractivity contribution is -0.116. The van der Waals surface area contributed by atoms with Gasteiger partial charge in [0.25, 0.3) is 0 Å². The van der Waals surface area contributed by atoms with Gasteiger partial charge in [0, 0.05) is 34.1 Å². The molecule has 2 heterocycles. The third-order valence-electron chi connectivity index (χ3n) is 4.35. The van der Waals surface area contributed by atoms with E-state index in [0.717, 1.165) is 27.8 Å². The fraction of sp³-hybridized carbons (Fsp3) is 0.158. The van der Waals surface area contributed by atoms with Crippen molar-refractivity contribution in [2.75, 3.05) is 5.32 Å². The number of benzene rings is 2. The summed E-state index contributed by atoms with van der Waals surface area (Å²) >= 11 is 0. The van der Waals surface area contributed by atoms with Crippen molar-refractivity contribution >= 4 is 33.4 Å². The number of para-hydroxylation sites is 1. The van der Waals surface area contributed by atoms with Gasteiger partial charge in [-0.15, -0.1) is 0 Å². The van der Waals surface area contributed by atoms with Gasteiger partial charge in [-0.25, -0.2) is 0 Å². The lowest BCUT2D eigenvalue weighted by Crippen LogP contribution is -2.12. The summed E-state index contributed by atoms with van der Waals surface area (Å²) in [5.41, 5.74) is 5.16. The molecule has 3 N–H and O–H groups in total. The molecule has 0 fully saturated rings. The monoisotopic (exact) mass is 318 g/mol. The van der Waals surface area contributed by atoms with Gasteiger partial charge in [0.1, 0.15) is 0 Å². The zero-order valence-corrected chi connectivity index (χ0v) is 13.4. The van der Waals surface area contributed by atoms with Gasteiger partial charge in [-0.05, 0) is 43.2 Å². The van der Waals surface area contributed by atoms with Crippen molar-refractivity contribution in [3.8, 4) is 0 Å². The van der Waals surface area contributed by atoms with Crippen LogP contribution in [0.4, 0.5) is 5.69 Å². The molecular formula is C19H18N4O. The SMILES string of the molecule is Cc1[nH]c2ccccc2c1CCC(=O)Nc1ccc2cn[nH]c2c1. The number of anilines is 1. The van der Waals surface area contributed by atoms with E-state index in [9.17, 15) is 4.79 Å². The summed E-state index contributed by atoms with van der Waals surface area (Å²) in [6.07, 6.45) is 2.93. The minimum Gasteiger partial charge on any atom is -0.358 e. The second-order valence-corrected chi connectivity index (χ2v) is 5.99. The molecule has 0 saturated carbocycles. The minimum absolute atomic E-state index is 0.0125. The third kappa shape index (κ3) is 2.65. The maximum absolute atomic E-state index is 12.3. The van der Waals surface area contributed by atoms with E-state index in [0.29, 0.717) is 12.8 Å². The molecule has 0 spiro atoms. The van der Waals surface area contributed by atoms with Crippen LogP contribution in [0.2, 0.25) is 0 Å². The summed E-state index contributed by atoms with van der Waals surface area (Å²) < 4.78 is 0. The second-order valence-electron chi connectivity index (χ2n) is 5.99. The summed E-state index contributed by atoms with van der Waals surface area (Å²) in [4.78, 5) is 15.7. The van der Waals surface area contributed by atoms with E-state index in [1.54, 1.807) is 6.20 Å². The average molecular weight is 318 g/mol. The van der Waals surface area contributed by atoms with E-state index in [1.807, 2.05) is 30.3 Å². The summed E-state index contributed by atoms with van der Waals surface area (Å²) in [6.45, 7) is 2.05. The molecule has 0 radical (unpaired) electrons. The summed E-state index contributed by atoms with van der Waals surface area (Å²) in [6, 6.07) is 13.9. The van der Waals surface area contributed by atoms with Gasteiger partial charge >= 0.3 is 0 Å². The summed E-state index contributed by atoms with van der Waals surface area (Å²) in [5, 5.41) is 12.1. The van der Waals surface area contributed by atoms with Crippen LogP contribution in [-0.4, -0.2) is 21.1 Å². The molecule has 0 bridgehead atoms. The highest BCUT2D eigenvalue weighted by Gasteiger charge is 2.10. The van der Waals surface area contributed by atoms with Gasteiger partial charge in [-0.1, -0.05) is 18.2 Å². The number of fused-ring (bicyclic) bond motifs is 2. The molecule has 0 aliphatic carbocycles. The Balaban J connectivity index is 1.46. The minimum atomic E-state index is 0.0125. The van der Waals surface area contributed by atoms with E-state index in [2.05, 4.69) is 39.6 Å². The maximum atomic E-state index is 12.3. The Hall–Kier alpha value is -3.08. The number of aryl methyl sites for hydroxylation is 2. The molecule has 0 atom stereocenters. The molecule has 5 nitrogen and oxygen atoms in total. The molecular weight excluding hydrogens is 300 g/mol. The number of nitrogens with zero attached hydrogens (tertiary/aromatic N) is 1. The fourth-order valence-corrected chi connectivity index (χ4v) is 3.13. The average Bonchev–Trinajstić information content (AvgIpc) is 3.16. The van der Waals surface area contributed by atoms with Crippen molar-refractivity contribution in [2.45, 2.75) is 19.8 Å². The molecule has 24 heavy (non-hydrogen) atoms. The van der Waals surface area contributed by atoms with Crippen LogP contribution in [0.5, 0.6) is 0 Å². The number of carbonyl (C=O) groups is 1. The largest absolute Gasteiger partial charge is 0.358 e. The van der Waals surface area contributed by atoms with Crippen molar-refractivity contribution in [3.63, 3.8) is 0 Å². The first-order valence-corrected chi connectivity index (χ1v) is 8.00. The van der Waals surface area contributed by atoms with E-state index in [-0.39, 0.29) is 5.91 Å². The van der Waals surface area contributed by atoms with Crippen LogP contribution in [0.15, 0.2) is 48.7 Å². The van der Waals surface area contributed by atoms with Gasteiger partial charge in [0.15, 0.2) is 0 Å². The Morgan fingerprint density at radius 1 is 1.17 bits per heavy atom. The Kier molecular flexibility index (Phi) is 3.54. The van der Waals surface area contributed by atoms with Crippen LogP contribution in [0.25, 0.3) is 21.8 Å². The van der Waals surface area contributed by atoms with Crippen LogP contribution in [0.1, 0.15) is 17.7 Å². The molecule has 0 unspecified atom stereocenters. The number of H-pyrrole nitrogens is 2. The number of rotatable bonds is 4. The van der Waals surface area contributed by atoms with Gasteiger partial charge in [0.05, 0.1) is 11.7 Å². The van der Waals surface area contributed by atoms with Crippen molar-refractivity contribution in [2.24, 2.45) is 0 Å². The smallest absolute Gasteiger partial charge is 0.224 e. The Morgan fingerprint density at radius 2 is 2.04 bits per heavy atom. The van der Waals surface area contributed by atoms with Gasteiger partial charge in [-0.3, -0.25) is 9.89 Å². The van der Waals surface area contributed by atoms with Gasteiger partial charge in [0.2, 0.25) is 5.91 Å². The van der Waals surface area contributed by atoms with Crippen molar-refractivity contribution < 1.29 is 4.79 Å². The number of nitrogens with one attached hydrogen (secondary N) is 3. The first-order chi connectivity index (χ1) is 11.7. The van der Waals surface area contributed by atoms with Crippen LogP contribution < -0.4 is 5.32 Å². The molecule has 5 heteroatoms. The van der Waals surface area contributed by atoms with E-state index >= 15 is 0 Å². The van der Waals surface area contributed by atoms with Crippen molar-refractivity contribution in [1.29, 1.82) is 0 Å². The molecule has 2 aromatic heterocycles. The van der Waals surface area contributed by atoms with Gasteiger partial charge in [-0.2, -0.15) is 5.10 Å². The van der Waals surface area contributed by atoms with Crippen LogP contribution in [0, 0.1) is 6.92 Å². The highest BCUT2D eigenvalue weighted by molar-refractivity contribution is 5.94. The predicted molar refractivity (Wildman–Crippen MR) is 96.1 cm³/mol. The number of hydrogen-bond acceptors (Lipinski definition) is 2. The predicted octanol–water partition coefficient (Wildman–Crippen LogP) is 3.92. The third-order valence-corrected chi connectivity index (χ3v) is 4.35. The normalized spacial score (nSPS) is 11.2. The standard InChI is InChI=1S/C19H18N4O/c1-12-15(16-4-2-3-5-17(16)21-12)8-9-19(24)22-14-7-6-13-11-20-23-18(13)10-14/h2-7,10-11,21H,8-9H2,1H3,(H,20,23)(H,22,24). The molecule has 0 aliphatic rings. The molecule has 2 aromatic carbocycles. The molecule has 0 saturated heterocycles. The molecule has 1 amide bonds. The number of amides is 1. The second kappa shape index (κ2) is 5.85. The Labute approximate surface area is 139 Å². The van der Waals surface area contributed by atoms with Crippen molar-refractivity contribution in [1.82, 2.24) is 15.2 Å². The van der Waals surface area contributed by atoms with Crippen LogP contribution >= 0.6 is 0 Å². The van der Waals surface area contributed by atoms with Crippen molar-refractivity contribution in [3.05, 3.63) is 59.9 Å². The quantitative estimate of drug-likeness (QED) is 0.533. The maximum Gasteiger partial charge on any atom is 0.224 e. The number of aromatic amines is 2. The first kappa shape index (κ1) is 14.5. The summed E-state index contributed by atoms with van der Waals surface area (Å²) in [5.74, 6) is 0.0125. The topological polar surface area (TPSA) is 73.6 Å². The molecule has 4 rings (SSSR count). The number of hydrogen-bond donors (Lipinski definition) is 3. The van der Waals surface area contributed by atoms with E-state index < -0.39 is 0 Å². The molecule has 120 valence electrons. The first-order valence-electron chi connectivity index (χ1n) is 8.00. The zero-order chi connectivity index (χ0) is 16.5. The lowest BCUT2D eigenvalue weighted by Gasteiger charge is -2.06. The van der Waals surface area contributed by atoms with Crippen LogP contribution in [0.3, 0.4) is 0 Å². The highest BCUT2D eigenvalue weighted by Crippen LogP contribution is 2.23. The number of carbonyl (C=O) groups excluding carboxylic acids is 1. The number of aromatic nitrogens is 3. The van der Waals surface area contributed by atoms with Gasteiger partial charge < -0.3 is 10.3 Å². The van der Waals surface area contributed by atoms with Crippen LogP contribution in [-0.2, 0) is 11.2 Å². The highest BCUT2D eigenvalue weighted by atomic mass is 16.1. The fourth-order valence-electron chi connectivity index (χ4n) is 3.13. The lowest BCUT2D eigenvalue weighted by atomic mass is 10.1. The summed E-state index contributed by atoms with van der Waals surface area (Å²) in [7, 11) is 0. The zero-order valence-electron chi connectivity index (χ0n) is 13.4. The van der Waals surface area contributed by atoms with E-state index in [1.165, 1.54) is 10.9 Å². The Bertz CT molecular complexity index is 1030. The molecule has 0 aliphatic heterocycles.